The Labute approximate surface area is 134 Å². The fourth-order valence-electron chi connectivity index (χ4n) is 2.37. The van der Waals surface area contributed by atoms with E-state index in [-0.39, 0.29) is 11.3 Å². The molecule has 0 radical (unpaired) electrons. The average Bonchev–Trinajstić information content (AvgIpc) is 2.59. The maximum atomic E-state index is 11.8. The van der Waals surface area contributed by atoms with Gasteiger partial charge in [0, 0.05) is 0 Å². The van der Waals surface area contributed by atoms with Crippen LogP contribution < -0.4 is 9.47 Å². The number of benzene rings is 2. The van der Waals surface area contributed by atoms with Crippen LogP contribution in [0, 0.1) is 0 Å². The highest BCUT2D eigenvalue weighted by Gasteiger charge is 2.23. The van der Waals surface area contributed by atoms with Gasteiger partial charge in [0.2, 0.25) is 0 Å². The van der Waals surface area contributed by atoms with Crippen LogP contribution >= 0.6 is 0 Å². The fraction of sp³-hybridized carbons (Fsp3) is 0.167. The van der Waals surface area contributed by atoms with Gasteiger partial charge in [-0.2, -0.15) is 0 Å². The van der Waals surface area contributed by atoms with E-state index in [4.69, 9.17) is 14.2 Å². The molecule has 120 valence electrons. The number of para-hydroxylation sites is 1. The van der Waals surface area contributed by atoms with Gasteiger partial charge in [-0.05, 0) is 17.7 Å². The van der Waals surface area contributed by atoms with Crippen LogP contribution in [0.1, 0.15) is 11.1 Å². The van der Waals surface area contributed by atoms with Crippen LogP contribution in [0.15, 0.2) is 48.5 Å². The van der Waals surface area contributed by atoms with Gasteiger partial charge in [-0.25, -0.2) is 4.79 Å². The molecule has 0 saturated heterocycles. The lowest BCUT2D eigenvalue weighted by Crippen LogP contribution is -2.06. The summed E-state index contributed by atoms with van der Waals surface area (Å²) in [6, 6.07) is 14.0. The monoisotopic (exact) mass is 314 g/mol. The number of rotatable bonds is 6. The maximum Gasteiger partial charge on any atom is 0.340 e. The van der Waals surface area contributed by atoms with Crippen molar-refractivity contribution in [3.8, 4) is 11.5 Å². The molecule has 0 aromatic heterocycles. The van der Waals surface area contributed by atoms with Gasteiger partial charge in [-0.1, -0.05) is 36.4 Å². The predicted molar refractivity (Wildman–Crippen MR) is 87.4 cm³/mol. The average molecular weight is 314 g/mol. The normalized spacial score (nSPS) is 11.4. The molecule has 0 aliphatic heterocycles. The maximum absolute atomic E-state index is 11.8. The molecule has 0 amide bonds. The molecule has 2 rings (SSSR count). The number of carboxylic acid groups (broad SMARTS) is 1. The highest BCUT2D eigenvalue weighted by molar-refractivity contribution is 6.23. The van der Waals surface area contributed by atoms with Gasteiger partial charge in [0.15, 0.2) is 11.5 Å². The summed E-state index contributed by atoms with van der Waals surface area (Å²) in [6.07, 6.45) is 0. The van der Waals surface area contributed by atoms with Gasteiger partial charge in [0.1, 0.15) is 11.3 Å². The van der Waals surface area contributed by atoms with Crippen LogP contribution in [0.25, 0.3) is 11.3 Å². The van der Waals surface area contributed by atoms with Gasteiger partial charge in [-0.15, -0.1) is 0 Å². The molecule has 5 nitrogen and oxygen atoms in total. The SMILES string of the molecule is COC(=C(C(=O)O)c1ccccc1)c1cccc(OC)c1OC. The minimum absolute atomic E-state index is 0.0552. The number of carboxylic acids is 1. The second-order valence-electron chi connectivity index (χ2n) is 4.62. The van der Waals surface area contributed by atoms with E-state index >= 15 is 0 Å². The minimum atomic E-state index is -1.09. The van der Waals surface area contributed by atoms with Gasteiger partial charge < -0.3 is 19.3 Å². The van der Waals surface area contributed by atoms with Gasteiger partial charge in [0.25, 0.3) is 0 Å². The van der Waals surface area contributed by atoms with Crippen molar-refractivity contribution in [1.29, 1.82) is 0 Å². The molecule has 23 heavy (non-hydrogen) atoms. The molecule has 0 heterocycles. The topological polar surface area (TPSA) is 65.0 Å². The third-order valence-corrected chi connectivity index (χ3v) is 3.36. The van der Waals surface area contributed by atoms with Crippen molar-refractivity contribution in [2.75, 3.05) is 21.3 Å². The fourth-order valence-corrected chi connectivity index (χ4v) is 2.37. The summed E-state index contributed by atoms with van der Waals surface area (Å²) >= 11 is 0. The summed E-state index contributed by atoms with van der Waals surface area (Å²) in [5, 5.41) is 9.67. The van der Waals surface area contributed by atoms with Crippen molar-refractivity contribution < 1.29 is 24.1 Å². The molecule has 5 heteroatoms. The summed E-state index contributed by atoms with van der Waals surface area (Å²) in [5.74, 6) is 0.0382. The van der Waals surface area contributed by atoms with Crippen LogP contribution in [-0.4, -0.2) is 32.4 Å². The zero-order valence-electron chi connectivity index (χ0n) is 13.2. The molecule has 0 saturated carbocycles. The molecule has 0 unspecified atom stereocenters. The molecule has 0 aliphatic rings. The third kappa shape index (κ3) is 3.29. The highest BCUT2D eigenvalue weighted by atomic mass is 16.5. The Balaban J connectivity index is 2.76. The van der Waals surface area contributed by atoms with Crippen LogP contribution in [-0.2, 0) is 9.53 Å². The number of hydrogen-bond acceptors (Lipinski definition) is 4. The molecular weight excluding hydrogens is 296 g/mol. The van der Waals surface area contributed by atoms with E-state index in [2.05, 4.69) is 0 Å². The lowest BCUT2D eigenvalue weighted by molar-refractivity contribution is -0.130. The van der Waals surface area contributed by atoms with Crippen LogP contribution in [0.3, 0.4) is 0 Å². The van der Waals surface area contributed by atoms with Crippen molar-refractivity contribution in [1.82, 2.24) is 0 Å². The Bertz CT molecular complexity index is 719. The molecule has 0 fully saturated rings. The largest absolute Gasteiger partial charge is 0.495 e. The summed E-state index contributed by atoms with van der Waals surface area (Å²) in [7, 11) is 4.45. The smallest absolute Gasteiger partial charge is 0.340 e. The van der Waals surface area contributed by atoms with Crippen molar-refractivity contribution in [3.63, 3.8) is 0 Å². The second-order valence-corrected chi connectivity index (χ2v) is 4.62. The standard InChI is InChI=1S/C18H18O5/c1-21-14-11-7-10-13(16(14)22-2)17(23-3)15(18(19)20)12-8-5-4-6-9-12/h4-11H,1-3H3,(H,19,20). The first-order valence-electron chi connectivity index (χ1n) is 6.92. The van der Waals surface area contributed by atoms with Crippen molar-refractivity contribution in [2.45, 2.75) is 0 Å². The molecular formula is C18H18O5. The number of ether oxygens (including phenoxy) is 3. The van der Waals surface area contributed by atoms with Gasteiger partial charge in [0.05, 0.1) is 26.9 Å². The summed E-state index contributed by atoms with van der Waals surface area (Å²) in [5.41, 5.74) is 1.11. The Morgan fingerprint density at radius 3 is 2.13 bits per heavy atom. The first-order valence-corrected chi connectivity index (χ1v) is 6.92. The van der Waals surface area contributed by atoms with E-state index in [9.17, 15) is 9.90 Å². The van der Waals surface area contributed by atoms with Crippen molar-refractivity contribution in [3.05, 3.63) is 59.7 Å². The van der Waals surface area contributed by atoms with E-state index in [1.165, 1.54) is 21.3 Å². The number of carbonyl (C=O) groups is 1. The Hall–Kier alpha value is -2.95. The molecule has 0 spiro atoms. The summed E-state index contributed by atoms with van der Waals surface area (Å²) < 4.78 is 16.1. The lowest BCUT2D eigenvalue weighted by atomic mass is 10.00. The van der Waals surface area contributed by atoms with Gasteiger partial charge in [-0.3, -0.25) is 0 Å². The third-order valence-electron chi connectivity index (χ3n) is 3.36. The van der Waals surface area contributed by atoms with Crippen LogP contribution in [0.2, 0.25) is 0 Å². The summed E-state index contributed by atoms with van der Waals surface area (Å²) in [6.45, 7) is 0. The summed E-state index contributed by atoms with van der Waals surface area (Å²) in [4.78, 5) is 11.8. The minimum Gasteiger partial charge on any atom is -0.495 e. The first kappa shape index (κ1) is 16.4. The number of hydrogen-bond donors (Lipinski definition) is 1. The molecule has 1 N–H and O–H groups in total. The van der Waals surface area contributed by atoms with Crippen molar-refractivity contribution in [2.24, 2.45) is 0 Å². The van der Waals surface area contributed by atoms with E-state index in [1.54, 1.807) is 42.5 Å². The Morgan fingerprint density at radius 1 is 0.913 bits per heavy atom. The lowest BCUT2D eigenvalue weighted by Gasteiger charge is -2.16. The molecule has 0 atom stereocenters. The van der Waals surface area contributed by atoms with E-state index in [0.717, 1.165) is 0 Å². The van der Waals surface area contributed by atoms with Crippen LogP contribution in [0.5, 0.6) is 11.5 Å². The first-order chi connectivity index (χ1) is 11.1. The molecule has 2 aromatic rings. The van der Waals surface area contributed by atoms with Crippen molar-refractivity contribution >= 4 is 17.3 Å². The Kier molecular flexibility index (Phi) is 5.25. The van der Waals surface area contributed by atoms with Crippen LogP contribution in [0.4, 0.5) is 0 Å². The molecule has 0 aliphatic carbocycles. The predicted octanol–water partition coefficient (Wildman–Crippen LogP) is 3.30. The van der Waals surface area contributed by atoms with E-state index < -0.39 is 5.97 Å². The quantitative estimate of drug-likeness (QED) is 0.503. The van der Waals surface area contributed by atoms with E-state index in [1.807, 2.05) is 6.07 Å². The van der Waals surface area contributed by atoms with Gasteiger partial charge >= 0.3 is 5.97 Å². The number of methoxy groups -OCH3 is 3. The zero-order chi connectivity index (χ0) is 16.8. The second kappa shape index (κ2) is 7.35. The Morgan fingerprint density at radius 2 is 1.61 bits per heavy atom. The molecule has 2 aromatic carbocycles. The van der Waals surface area contributed by atoms with E-state index in [0.29, 0.717) is 22.6 Å². The zero-order valence-corrected chi connectivity index (χ0v) is 13.2. The number of aliphatic carboxylic acids is 1. The molecule has 0 bridgehead atoms. The highest BCUT2D eigenvalue weighted by Crippen LogP contribution is 2.38.